The maximum absolute atomic E-state index is 13.1. The van der Waals surface area contributed by atoms with Gasteiger partial charge in [0.05, 0.1) is 0 Å². The molecule has 1 aromatic carbocycles. The van der Waals surface area contributed by atoms with Gasteiger partial charge < -0.3 is 5.11 Å². The summed E-state index contributed by atoms with van der Waals surface area (Å²) in [6.07, 6.45) is 2.71. The van der Waals surface area contributed by atoms with Gasteiger partial charge in [0.15, 0.2) is 0 Å². The highest BCUT2D eigenvalue weighted by Crippen LogP contribution is 2.11. The zero-order chi connectivity index (χ0) is 11.0. The molecule has 1 nitrogen and oxygen atoms in total. The average Bonchev–Trinajstić information content (AvgIpc) is 2.20. The normalized spacial score (nSPS) is 9.21. The van der Waals surface area contributed by atoms with E-state index in [1.807, 2.05) is 13.0 Å². The van der Waals surface area contributed by atoms with Crippen molar-refractivity contribution >= 4 is 11.6 Å². The largest absolute Gasteiger partial charge is 0.396 e. The molecule has 0 saturated carbocycles. The highest BCUT2D eigenvalue weighted by molar-refractivity contribution is 6.15. The van der Waals surface area contributed by atoms with Gasteiger partial charge in [-0.3, -0.25) is 0 Å². The number of hydrogen-bond acceptors (Lipinski definition) is 1. The lowest BCUT2D eigenvalue weighted by atomic mass is 10.1. The lowest BCUT2D eigenvalue weighted by Crippen LogP contribution is -1.93. The molecule has 0 atom stereocenters. The topological polar surface area (TPSA) is 20.2 Å². The van der Waals surface area contributed by atoms with Gasteiger partial charge in [-0.2, -0.15) is 0 Å². The quantitative estimate of drug-likeness (QED) is 0.774. The van der Waals surface area contributed by atoms with E-state index in [2.05, 4.69) is 11.6 Å². The van der Waals surface area contributed by atoms with Crippen LogP contribution in [0.4, 0.5) is 4.39 Å². The predicted molar refractivity (Wildman–Crippen MR) is 58.3 cm³/mol. The molecule has 1 N–H and O–H groups in total. The van der Waals surface area contributed by atoms with Crippen LogP contribution in [0.3, 0.4) is 0 Å². The van der Waals surface area contributed by atoms with E-state index in [-0.39, 0.29) is 12.4 Å². The summed E-state index contributed by atoms with van der Waals surface area (Å²) in [5.74, 6) is -0.163. The third-order valence-corrected chi connectivity index (χ3v) is 1.81. The molecule has 0 radical (unpaired) electrons. The first-order chi connectivity index (χ1) is 6.74. The SMILES string of the molecule is CCl.Cc1ccc(CCCO)c(F)c1. The van der Waals surface area contributed by atoms with E-state index in [4.69, 9.17) is 5.11 Å². The van der Waals surface area contributed by atoms with Gasteiger partial charge in [0.1, 0.15) is 5.82 Å². The number of aliphatic hydroxyl groups excluding tert-OH is 1. The molecule has 0 heterocycles. The van der Waals surface area contributed by atoms with Crippen molar-refractivity contribution in [2.24, 2.45) is 0 Å². The van der Waals surface area contributed by atoms with E-state index in [1.165, 1.54) is 12.4 Å². The van der Waals surface area contributed by atoms with Crippen molar-refractivity contribution in [2.75, 3.05) is 13.0 Å². The molecular formula is C11H16ClFO. The van der Waals surface area contributed by atoms with Crippen molar-refractivity contribution in [3.63, 3.8) is 0 Å². The molecule has 0 saturated heterocycles. The standard InChI is InChI=1S/C10H13FO.CH3Cl/c1-8-4-5-9(3-2-6-12)10(11)7-8;1-2/h4-5,7,12H,2-3,6H2,1H3;1H3. The number of alkyl halides is 1. The monoisotopic (exact) mass is 218 g/mol. The van der Waals surface area contributed by atoms with Crippen LogP contribution in [0.15, 0.2) is 18.2 Å². The van der Waals surface area contributed by atoms with Gasteiger partial charge in [0.25, 0.3) is 0 Å². The fourth-order valence-corrected chi connectivity index (χ4v) is 1.12. The van der Waals surface area contributed by atoms with Crippen LogP contribution in [-0.2, 0) is 6.42 Å². The predicted octanol–water partition coefficient (Wildman–Crippen LogP) is 2.91. The van der Waals surface area contributed by atoms with Gasteiger partial charge in [-0.1, -0.05) is 12.1 Å². The molecule has 0 aliphatic carbocycles. The summed E-state index contributed by atoms with van der Waals surface area (Å²) in [6.45, 7) is 1.98. The summed E-state index contributed by atoms with van der Waals surface area (Å²) < 4.78 is 13.1. The van der Waals surface area contributed by atoms with E-state index in [1.54, 1.807) is 6.07 Å². The van der Waals surface area contributed by atoms with Crippen LogP contribution in [-0.4, -0.2) is 18.1 Å². The number of benzene rings is 1. The van der Waals surface area contributed by atoms with Gasteiger partial charge >= 0.3 is 0 Å². The van der Waals surface area contributed by atoms with Crippen molar-refractivity contribution in [1.82, 2.24) is 0 Å². The summed E-state index contributed by atoms with van der Waals surface area (Å²) >= 11 is 4.64. The molecule has 1 aromatic rings. The maximum Gasteiger partial charge on any atom is 0.126 e. The van der Waals surface area contributed by atoms with Crippen LogP contribution >= 0.6 is 11.6 Å². The first kappa shape index (κ1) is 13.4. The van der Waals surface area contributed by atoms with Gasteiger partial charge in [0, 0.05) is 13.0 Å². The lowest BCUT2D eigenvalue weighted by molar-refractivity contribution is 0.288. The molecular weight excluding hydrogens is 203 g/mol. The average molecular weight is 219 g/mol. The molecule has 0 aliphatic heterocycles. The molecule has 80 valence electrons. The minimum atomic E-state index is -0.163. The fourth-order valence-electron chi connectivity index (χ4n) is 1.12. The van der Waals surface area contributed by atoms with E-state index in [0.717, 1.165) is 5.56 Å². The highest BCUT2D eigenvalue weighted by atomic mass is 35.5. The second kappa shape index (κ2) is 7.77. The number of hydrogen-bond donors (Lipinski definition) is 1. The van der Waals surface area contributed by atoms with Gasteiger partial charge in [0.2, 0.25) is 0 Å². The van der Waals surface area contributed by atoms with Crippen molar-refractivity contribution in [3.05, 3.63) is 35.1 Å². The van der Waals surface area contributed by atoms with E-state index >= 15 is 0 Å². The molecule has 0 spiro atoms. The Hall–Kier alpha value is -0.600. The Labute approximate surface area is 89.5 Å². The van der Waals surface area contributed by atoms with E-state index in [0.29, 0.717) is 18.4 Å². The Morgan fingerprint density at radius 1 is 1.36 bits per heavy atom. The maximum atomic E-state index is 13.1. The fraction of sp³-hybridized carbons (Fsp3) is 0.455. The summed E-state index contributed by atoms with van der Waals surface area (Å²) in [7, 11) is 0. The third kappa shape index (κ3) is 4.58. The summed E-state index contributed by atoms with van der Waals surface area (Å²) in [6, 6.07) is 5.18. The van der Waals surface area contributed by atoms with Crippen LogP contribution < -0.4 is 0 Å². The Morgan fingerprint density at radius 3 is 2.50 bits per heavy atom. The smallest absolute Gasteiger partial charge is 0.126 e. The molecule has 0 aromatic heterocycles. The van der Waals surface area contributed by atoms with Crippen molar-refractivity contribution < 1.29 is 9.50 Å². The number of aliphatic hydroxyl groups is 1. The molecule has 0 unspecified atom stereocenters. The second-order valence-electron chi connectivity index (χ2n) is 2.92. The summed E-state index contributed by atoms with van der Waals surface area (Å²) in [4.78, 5) is 0. The summed E-state index contributed by atoms with van der Waals surface area (Å²) in [5, 5.41) is 8.55. The Bertz CT molecular complexity index is 263. The van der Waals surface area contributed by atoms with Crippen LogP contribution in [0.2, 0.25) is 0 Å². The van der Waals surface area contributed by atoms with Crippen LogP contribution in [0.5, 0.6) is 0 Å². The first-order valence-corrected chi connectivity index (χ1v) is 5.23. The minimum Gasteiger partial charge on any atom is -0.396 e. The van der Waals surface area contributed by atoms with Gasteiger partial charge in [-0.05, 0) is 37.0 Å². The molecule has 14 heavy (non-hydrogen) atoms. The first-order valence-electron chi connectivity index (χ1n) is 4.47. The Kier molecular flexibility index (Phi) is 7.44. The summed E-state index contributed by atoms with van der Waals surface area (Å²) in [5.41, 5.74) is 1.62. The van der Waals surface area contributed by atoms with Crippen LogP contribution in [0.1, 0.15) is 17.5 Å². The molecule has 0 amide bonds. The van der Waals surface area contributed by atoms with Crippen molar-refractivity contribution in [1.29, 1.82) is 0 Å². The van der Waals surface area contributed by atoms with Gasteiger partial charge in [-0.25, -0.2) is 4.39 Å². The molecule has 3 heteroatoms. The highest BCUT2D eigenvalue weighted by Gasteiger charge is 2.00. The van der Waals surface area contributed by atoms with E-state index in [9.17, 15) is 4.39 Å². The Morgan fingerprint density at radius 2 is 2.00 bits per heavy atom. The molecule has 0 fully saturated rings. The zero-order valence-electron chi connectivity index (χ0n) is 8.56. The minimum absolute atomic E-state index is 0.118. The second-order valence-corrected chi connectivity index (χ2v) is 2.92. The molecule has 0 bridgehead atoms. The van der Waals surface area contributed by atoms with Gasteiger partial charge in [-0.15, -0.1) is 11.6 Å². The van der Waals surface area contributed by atoms with Crippen LogP contribution in [0.25, 0.3) is 0 Å². The van der Waals surface area contributed by atoms with Crippen LogP contribution in [0, 0.1) is 12.7 Å². The molecule has 1 rings (SSSR count). The Balaban J connectivity index is 0.000000791. The zero-order valence-corrected chi connectivity index (χ0v) is 9.31. The lowest BCUT2D eigenvalue weighted by Gasteiger charge is -2.01. The number of aryl methyl sites for hydroxylation is 2. The van der Waals surface area contributed by atoms with E-state index < -0.39 is 0 Å². The van der Waals surface area contributed by atoms with Crippen molar-refractivity contribution in [3.8, 4) is 0 Å². The third-order valence-electron chi connectivity index (χ3n) is 1.81. The molecule has 0 aliphatic rings. The van der Waals surface area contributed by atoms with Crippen molar-refractivity contribution in [2.45, 2.75) is 19.8 Å². The number of halogens is 2. The number of rotatable bonds is 3.